The zero-order chi connectivity index (χ0) is 24.1. The third-order valence-corrected chi connectivity index (χ3v) is 6.78. The molecule has 33 heavy (non-hydrogen) atoms. The van der Waals surface area contributed by atoms with E-state index in [2.05, 4.69) is 22.3 Å². The highest BCUT2D eigenvalue weighted by Crippen LogP contribution is 2.53. The van der Waals surface area contributed by atoms with Crippen LogP contribution in [0.4, 0.5) is 28.0 Å². The van der Waals surface area contributed by atoms with Gasteiger partial charge in [-0.3, -0.25) is 4.68 Å². The lowest BCUT2D eigenvalue weighted by atomic mass is 9.61. The number of piperidine rings is 1. The molecule has 2 aromatic rings. The van der Waals surface area contributed by atoms with Crippen molar-refractivity contribution in [3.05, 3.63) is 29.8 Å². The highest BCUT2D eigenvalue weighted by atomic mass is 19.4. The molecule has 1 aromatic carbocycles. The van der Waals surface area contributed by atoms with E-state index in [1.165, 1.54) is 18.1 Å². The lowest BCUT2D eigenvalue weighted by Crippen LogP contribution is -2.76. The average molecular weight is 469 g/mol. The number of hydrogen-bond acceptors (Lipinski definition) is 4. The van der Waals surface area contributed by atoms with Crippen LogP contribution in [-0.2, 0) is 18.0 Å². The third kappa shape index (κ3) is 3.96. The maximum Gasteiger partial charge on any atom is 0.417 e. The van der Waals surface area contributed by atoms with E-state index in [1.807, 2.05) is 6.92 Å². The second kappa shape index (κ2) is 8.27. The van der Waals surface area contributed by atoms with Crippen molar-refractivity contribution in [2.45, 2.75) is 63.4 Å². The van der Waals surface area contributed by atoms with Crippen LogP contribution >= 0.6 is 0 Å². The van der Waals surface area contributed by atoms with Gasteiger partial charge in [-0.25, -0.2) is 14.2 Å². The molecule has 7 nitrogen and oxygen atoms in total. The van der Waals surface area contributed by atoms with Gasteiger partial charge < -0.3 is 15.0 Å². The first-order valence-corrected chi connectivity index (χ1v) is 10.9. The number of carbonyl (C=O) groups is 1. The molecule has 1 saturated carbocycles. The maximum absolute atomic E-state index is 14.8. The number of fused-ring (bicyclic) bond motifs is 2. The van der Waals surface area contributed by atoms with Crippen LogP contribution in [0.1, 0.15) is 45.1 Å². The van der Waals surface area contributed by atoms with Gasteiger partial charge >= 0.3 is 12.2 Å². The fraction of sp³-hybridized carbons (Fsp3) is 0.591. The minimum Gasteiger partial charge on any atom is -0.379 e. The number of amides is 2. The van der Waals surface area contributed by atoms with Gasteiger partial charge in [-0.1, -0.05) is 13.8 Å². The number of aryl methyl sites for hydroxylation is 1. The summed E-state index contributed by atoms with van der Waals surface area (Å²) in [4.78, 5) is 18.8. The number of likely N-dealkylation sites (tertiary alicyclic amines) is 1. The molecule has 1 N–H and O–H groups in total. The van der Waals surface area contributed by atoms with Gasteiger partial charge in [0.25, 0.3) is 0 Å². The number of anilines is 1. The Hall–Kier alpha value is -2.69. The zero-order valence-corrected chi connectivity index (χ0v) is 18.9. The summed E-state index contributed by atoms with van der Waals surface area (Å²) in [6.45, 7) is 4.10. The first kappa shape index (κ1) is 23.5. The van der Waals surface area contributed by atoms with Gasteiger partial charge in [-0.15, -0.1) is 0 Å². The van der Waals surface area contributed by atoms with Crippen molar-refractivity contribution in [1.29, 1.82) is 0 Å². The lowest BCUT2D eigenvalue weighted by Gasteiger charge is -2.65. The van der Waals surface area contributed by atoms with E-state index in [4.69, 9.17) is 4.74 Å². The second-order valence-corrected chi connectivity index (χ2v) is 9.06. The predicted octanol–water partition coefficient (Wildman–Crippen LogP) is 4.84. The van der Waals surface area contributed by atoms with E-state index in [-0.39, 0.29) is 23.7 Å². The molecule has 4 atom stereocenters. The molecule has 1 aromatic heterocycles. The van der Waals surface area contributed by atoms with Gasteiger partial charge in [0.15, 0.2) is 5.82 Å². The van der Waals surface area contributed by atoms with Gasteiger partial charge in [0.1, 0.15) is 12.1 Å². The van der Waals surface area contributed by atoms with Gasteiger partial charge in [0.05, 0.1) is 22.9 Å². The molecule has 2 fully saturated rings. The summed E-state index contributed by atoms with van der Waals surface area (Å²) in [6.07, 6.45) is -0.707. The highest BCUT2D eigenvalue weighted by molar-refractivity contribution is 5.92. The number of ether oxygens (including phenoxy) is 1. The Kier molecular flexibility index (Phi) is 5.88. The Morgan fingerprint density at radius 1 is 1.36 bits per heavy atom. The van der Waals surface area contributed by atoms with Crippen LogP contribution in [0.3, 0.4) is 0 Å². The summed E-state index contributed by atoms with van der Waals surface area (Å²) in [5.41, 5.74) is -2.48. The Labute approximate surface area is 189 Å². The van der Waals surface area contributed by atoms with E-state index in [9.17, 15) is 22.4 Å². The smallest absolute Gasteiger partial charge is 0.379 e. The van der Waals surface area contributed by atoms with Gasteiger partial charge in [-0.2, -0.15) is 18.3 Å². The topological polar surface area (TPSA) is 72.3 Å². The molecule has 2 amide bonds. The summed E-state index contributed by atoms with van der Waals surface area (Å²) in [7, 11) is 3.12. The molecule has 4 rings (SSSR count). The molecule has 0 unspecified atom stereocenters. The Bertz CT molecular complexity index is 1050. The van der Waals surface area contributed by atoms with Crippen LogP contribution in [0, 0.1) is 11.7 Å². The molecule has 2 aliphatic rings. The maximum atomic E-state index is 14.8. The standard InChI is InChI=1S/C22H27F4N5O2/c1-5-18(33-4)21-9-12(2)6-13(10-21)31(21)20(32)28-17-7-14(19-27-11-30(3)29-19)15(8-16(17)23)22(24,25)26/h7-8,11-13,18H,5-6,9-10H2,1-4H3,(H,28,32)/t12-,13-,18-,21+/m1/s1. The molecule has 1 aliphatic carbocycles. The number of methoxy groups -OCH3 is 1. The molecule has 2 heterocycles. The Balaban J connectivity index is 1.68. The molecule has 0 radical (unpaired) electrons. The monoisotopic (exact) mass is 469 g/mol. The second-order valence-electron chi connectivity index (χ2n) is 9.06. The van der Waals surface area contributed by atoms with E-state index in [0.717, 1.165) is 25.3 Å². The number of aromatic nitrogens is 3. The zero-order valence-electron chi connectivity index (χ0n) is 18.9. The van der Waals surface area contributed by atoms with Crippen LogP contribution in [0.2, 0.25) is 0 Å². The summed E-state index contributed by atoms with van der Waals surface area (Å²) < 4.78 is 62.4. The minimum absolute atomic E-state index is 0.0209. The van der Waals surface area contributed by atoms with Crippen molar-refractivity contribution in [3.63, 3.8) is 0 Å². The van der Waals surface area contributed by atoms with Crippen molar-refractivity contribution in [1.82, 2.24) is 19.7 Å². The Morgan fingerprint density at radius 3 is 2.67 bits per heavy atom. The van der Waals surface area contributed by atoms with Gasteiger partial charge in [0, 0.05) is 25.8 Å². The summed E-state index contributed by atoms with van der Waals surface area (Å²) >= 11 is 0. The molecule has 1 saturated heterocycles. The van der Waals surface area contributed by atoms with Crippen molar-refractivity contribution >= 4 is 11.7 Å². The van der Waals surface area contributed by atoms with Crippen molar-refractivity contribution in [2.75, 3.05) is 12.4 Å². The average Bonchev–Trinajstić information content (AvgIpc) is 3.15. The van der Waals surface area contributed by atoms with Crippen LogP contribution in [0.5, 0.6) is 0 Å². The third-order valence-electron chi connectivity index (χ3n) is 6.78. The first-order valence-electron chi connectivity index (χ1n) is 10.9. The van der Waals surface area contributed by atoms with Crippen molar-refractivity contribution in [2.24, 2.45) is 13.0 Å². The van der Waals surface area contributed by atoms with Crippen LogP contribution in [0.25, 0.3) is 11.4 Å². The molecular formula is C22H27F4N5O2. The number of nitrogens with zero attached hydrogens (tertiary/aromatic N) is 4. The van der Waals surface area contributed by atoms with Crippen LogP contribution < -0.4 is 5.32 Å². The first-order chi connectivity index (χ1) is 15.5. The lowest BCUT2D eigenvalue weighted by molar-refractivity contribution is -0.162. The van der Waals surface area contributed by atoms with E-state index in [1.54, 1.807) is 12.0 Å². The molecule has 2 bridgehead atoms. The number of benzene rings is 1. The quantitative estimate of drug-likeness (QED) is 0.636. The fourth-order valence-corrected chi connectivity index (χ4v) is 5.65. The SMILES string of the molecule is CC[C@@H](OC)[C@]12C[C@H](C)C[C@H](C1)N2C(=O)Nc1cc(-c2ncn(C)n2)c(C(F)(F)F)cc1F. The van der Waals surface area contributed by atoms with Crippen molar-refractivity contribution < 1.29 is 27.1 Å². The fourth-order valence-electron chi connectivity index (χ4n) is 5.65. The number of rotatable bonds is 5. The number of carbonyl (C=O) groups excluding carboxylic acids is 1. The summed E-state index contributed by atoms with van der Waals surface area (Å²) in [5.74, 6) is -0.985. The minimum atomic E-state index is -4.82. The summed E-state index contributed by atoms with van der Waals surface area (Å²) in [6, 6.07) is 0.754. The predicted molar refractivity (Wildman–Crippen MR) is 113 cm³/mol. The van der Waals surface area contributed by atoms with Crippen molar-refractivity contribution in [3.8, 4) is 11.4 Å². The number of alkyl halides is 3. The highest BCUT2D eigenvalue weighted by Gasteiger charge is 2.61. The van der Waals surface area contributed by atoms with Crippen LogP contribution in [-0.4, -0.2) is 50.5 Å². The molecular weight excluding hydrogens is 442 g/mol. The largest absolute Gasteiger partial charge is 0.417 e. The number of nitrogens with one attached hydrogen (secondary N) is 1. The molecule has 11 heteroatoms. The normalized spacial score (nSPS) is 25.5. The number of urea groups is 1. The van der Waals surface area contributed by atoms with E-state index >= 15 is 0 Å². The summed E-state index contributed by atoms with van der Waals surface area (Å²) in [5, 5.41) is 6.43. The van der Waals surface area contributed by atoms with E-state index < -0.39 is 34.7 Å². The number of hydrogen-bond donors (Lipinski definition) is 1. The molecule has 0 spiro atoms. The van der Waals surface area contributed by atoms with Crippen LogP contribution in [0.15, 0.2) is 18.5 Å². The van der Waals surface area contributed by atoms with Gasteiger partial charge in [-0.05, 0) is 43.7 Å². The van der Waals surface area contributed by atoms with E-state index in [0.29, 0.717) is 18.4 Å². The Morgan fingerprint density at radius 2 is 2.09 bits per heavy atom. The molecule has 180 valence electrons. The van der Waals surface area contributed by atoms with Gasteiger partial charge in [0.2, 0.25) is 0 Å². The number of halogens is 4. The molecule has 1 aliphatic heterocycles.